The second-order valence-corrected chi connectivity index (χ2v) is 6.09. The van der Waals surface area contributed by atoms with Crippen molar-refractivity contribution in [3.8, 4) is 0 Å². The second kappa shape index (κ2) is 7.16. The molecule has 5 heteroatoms. The Morgan fingerprint density at radius 3 is 2.67 bits per heavy atom. The molecular weight excluding hydrogens is 252 g/mol. The minimum atomic E-state index is -0.226. The Morgan fingerprint density at radius 2 is 2.06 bits per heavy atom. The Bertz CT molecular complexity index is 409. The van der Waals surface area contributed by atoms with E-state index >= 15 is 0 Å². The van der Waals surface area contributed by atoms with Crippen LogP contribution in [0.4, 0.5) is 0 Å². The molecule has 0 aliphatic rings. The molecule has 0 saturated carbocycles. The predicted octanol–water partition coefficient (Wildman–Crippen LogP) is 2.49. The van der Waals surface area contributed by atoms with E-state index in [1.54, 1.807) is 0 Å². The van der Waals surface area contributed by atoms with E-state index in [-0.39, 0.29) is 28.5 Å². The molecule has 0 spiro atoms. The van der Waals surface area contributed by atoms with Crippen molar-refractivity contribution in [2.45, 2.75) is 38.5 Å². The molecule has 1 atom stereocenters. The Labute approximate surface area is 110 Å². The molecule has 0 radical (unpaired) electrons. The number of carbonyl (C=O) groups excluding carboxylic acids is 2. The Hall–Kier alpha value is -1.36. The first kappa shape index (κ1) is 14.7. The van der Waals surface area contributed by atoms with Gasteiger partial charge in [0.1, 0.15) is 5.38 Å². The molecule has 1 rings (SSSR count). The number of esters is 2. The van der Waals surface area contributed by atoms with E-state index in [9.17, 15) is 9.59 Å². The monoisotopic (exact) mass is 271 g/mol. The first-order chi connectivity index (χ1) is 8.52. The fourth-order valence-electron chi connectivity index (χ4n) is 1.50. The van der Waals surface area contributed by atoms with Crippen LogP contribution in [0.2, 0.25) is 0 Å². The molecule has 1 unspecified atom stereocenters. The smallest absolute Gasteiger partial charge is 0.360 e. The van der Waals surface area contributed by atoms with Gasteiger partial charge in [0.2, 0.25) is 5.75 Å². The van der Waals surface area contributed by atoms with Crippen LogP contribution in [0, 0.1) is 0 Å². The number of rotatable bonds is 6. The minimum absolute atomic E-state index is 0.0819. The number of hydrogen-bond donors (Lipinski definition) is 0. The van der Waals surface area contributed by atoms with E-state index in [0.29, 0.717) is 18.6 Å². The van der Waals surface area contributed by atoms with Crippen LogP contribution in [-0.4, -0.2) is 25.2 Å². The second-order valence-electron chi connectivity index (χ2n) is 4.15. The normalized spacial score (nSPS) is 11.4. The molecule has 4 nitrogen and oxygen atoms in total. The number of hydrogen-bond acceptors (Lipinski definition) is 4. The van der Waals surface area contributed by atoms with Gasteiger partial charge < -0.3 is 9.47 Å². The van der Waals surface area contributed by atoms with E-state index in [2.05, 4.69) is 4.74 Å². The van der Waals surface area contributed by atoms with Gasteiger partial charge in [0.05, 0.1) is 19.6 Å². The molecule has 0 aliphatic carbocycles. The van der Waals surface area contributed by atoms with Crippen LogP contribution < -0.4 is 0 Å². The van der Waals surface area contributed by atoms with Gasteiger partial charge in [-0.15, -0.1) is 0 Å². The van der Waals surface area contributed by atoms with E-state index < -0.39 is 0 Å². The number of carbonyl (C=O) groups is 2. The lowest BCUT2D eigenvalue weighted by Gasteiger charge is -2.06. The molecule has 0 N–H and O–H groups in total. The van der Waals surface area contributed by atoms with E-state index in [0.717, 1.165) is 4.88 Å². The molecule has 1 aromatic heterocycles. The molecule has 0 fully saturated rings. The van der Waals surface area contributed by atoms with Gasteiger partial charge in [-0.25, -0.2) is 4.79 Å². The van der Waals surface area contributed by atoms with Crippen LogP contribution in [0.25, 0.3) is 0 Å². The summed E-state index contributed by atoms with van der Waals surface area (Å²) in [5.41, 5.74) is 0. The highest BCUT2D eigenvalue weighted by molar-refractivity contribution is 7.30. The summed E-state index contributed by atoms with van der Waals surface area (Å²) in [6.45, 7) is 3.66. The number of ether oxygens (including phenoxy) is 2. The van der Waals surface area contributed by atoms with Crippen LogP contribution in [0.15, 0.2) is 17.5 Å². The van der Waals surface area contributed by atoms with Gasteiger partial charge in [0, 0.05) is 6.42 Å². The van der Waals surface area contributed by atoms with Crippen LogP contribution in [0.3, 0.4) is 0 Å². The molecule has 0 aliphatic heterocycles. The first-order valence-electron chi connectivity index (χ1n) is 5.86. The van der Waals surface area contributed by atoms with Gasteiger partial charge in [0.15, 0.2) is 4.88 Å². The third-order valence-corrected chi connectivity index (χ3v) is 4.35. The van der Waals surface area contributed by atoms with Crippen LogP contribution in [-0.2, 0) is 31.2 Å². The van der Waals surface area contributed by atoms with Crippen molar-refractivity contribution in [2.24, 2.45) is 0 Å². The quantitative estimate of drug-likeness (QED) is 0.589. The Morgan fingerprint density at radius 1 is 1.33 bits per heavy atom. The maximum Gasteiger partial charge on any atom is 0.360 e. The molecule has 0 saturated heterocycles. The van der Waals surface area contributed by atoms with Crippen LogP contribution in [0.5, 0.6) is 0 Å². The summed E-state index contributed by atoms with van der Waals surface area (Å²) in [6.07, 6.45) is 0.913. The summed E-state index contributed by atoms with van der Waals surface area (Å²) in [6, 6.07) is 3.89. The SMILES string of the molecule is COC(=O)C[s+]1cccc1CCC(=O)OC(C)C. The van der Waals surface area contributed by atoms with Crippen molar-refractivity contribution in [1.29, 1.82) is 0 Å². The summed E-state index contributed by atoms with van der Waals surface area (Å²) in [4.78, 5) is 23.8. The lowest BCUT2D eigenvalue weighted by atomic mass is 10.3. The van der Waals surface area contributed by atoms with Gasteiger partial charge in [-0.2, -0.15) is 0 Å². The molecule has 1 aromatic rings. The third kappa shape index (κ3) is 4.87. The summed E-state index contributed by atoms with van der Waals surface area (Å²) in [5, 5.41) is 1.99. The lowest BCUT2D eigenvalue weighted by Crippen LogP contribution is -2.11. The Kier molecular flexibility index (Phi) is 5.85. The number of aryl methyl sites for hydroxylation is 1. The fraction of sp³-hybridized carbons (Fsp3) is 0.538. The highest BCUT2D eigenvalue weighted by Gasteiger charge is 2.19. The fourth-order valence-corrected chi connectivity index (χ4v) is 3.22. The standard InChI is InChI=1S/C13H19O4S/c1-10(2)17-12(14)7-6-11-5-4-8-18(11)9-13(15)16-3/h4-5,8,10H,6-7,9H2,1-3H3/q+1. The molecule has 0 bridgehead atoms. The highest BCUT2D eigenvalue weighted by Crippen LogP contribution is 2.27. The summed E-state index contributed by atoms with van der Waals surface area (Å²) in [5.74, 6) is -0.0575. The largest absolute Gasteiger partial charge is 0.465 e. The van der Waals surface area contributed by atoms with Gasteiger partial charge in [0.25, 0.3) is 0 Å². The van der Waals surface area contributed by atoms with Crippen molar-refractivity contribution in [3.63, 3.8) is 0 Å². The Balaban J connectivity index is 2.50. The zero-order valence-corrected chi connectivity index (χ0v) is 11.8. The predicted molar refractivity (Wildman–Crippen MR) is 70.5 cm³/mol. The van der Waals surface area contributed by atoms with E-state index in [1.807, 2.05) is 31.4 Å². The molecular formula is C13H19O4S+. The maximum absolute atomic E-state index is 11.4. The highest BCUT2D eigenvalue weighted by atomic mass is 32.2. The average molecular weight is 271 g/mol. The zero-order valence-electron chi connectivity index (χ0n) is 11.0. The van der Waals surface area contributed by atoms with Crippen LogP contribution >= 0.6 is 10.5 Å². The topological polar surface area (TPSA) is 52.6 Å². The number of methoxy groups -OCH3 is 1. The van der Waals surface area contributed by atoms with Crippen molar-refractivity contribution < 1.29 is 19.1 Å². The van der Waals surface area contributed by atoms with Gasteiger partial charge >= 0.3 is 11.9 Å². The zero-order chi connectivity index (χ0) is 13.5. The van der Waals surface area contributed by atoms with Crippen molar-refractivity contribution >= 4 is 22.4 Å². The molecule has 0 aromatic carbocycles. The van der Waals surface area contributed by atoms with Gasteiger partial charge in [-0.3, -0.25) is 4.79 Å². The van der Waals surface area contributed by atoms with E-state index in [1.165, 1.54) is 7.11 Å². The molecule has 1 heterocycles. The van der Waals surface area contributed by atoms with Crippen LogP contribution in [0.1, 0.15) is 25.1 Å². The summed E-state index contributed by atoms with van der Waals surface area (Å²) < 4.78 is 9.73. The summed E-state index contributed by atoms with van der Waals surface area (Å²) >= 11 is 0. The maximum atomic E-state index is 11.4. The van der Waals surface area contributed by atoms with Gasteiger partial charge in [-0.1, -0.05) is 0 Å². The van der Waals surface area contributed by atoms with Gasteiger partial charge in [-0.05, 0) is 36.5 Å². The lowest BCUT2D eigenvalue weighted by molar-refractivity contribution is -0.147. The molecule has 100 valence electrons. The first-order valence-corrected chi connectivity index (χ1v) is 7.32. The molecule has 0 amide bonds. The van der Waals surface area contributed by atoms with Crippen molar-refractivity contribution in [3.05, 3.63) is 22.4 Å². The van der Waals surface area contributed by atoms with Crippen molar-refractivity contribution in [2.75, 3.05) is 7.11 Å². The molecule has 18 heavy (non-hydrogen) atoms. The third-order valence-electron chi connectivity index (χ3n) is 2.31. The summed E-state index contributed by atoms with van der Waals surface area (Å²) in [7, 11) is 1.16. The average Bonchev–Trinajstić information content (AvgIpc) is 2.72. The number of thiophene rings is 1. The van der Waals surface area contributed by atoms with Crippen molar-refractivity contribution in [1.82, 2.24) is 0 Å². The van der Waals surface area contributed by atoms with E-state index in [4.69, 9.17) is 4.74 Å². The minimum Gasteiger partial charge on any atom is -0.465 e.